The number of nitrogens with zero attached hydrogens (tertiary/aromatic N) is 2. The fraction of sp³-hybridized carbons (Fsp3) is 0.467. The molecule has 4 nitrogen and oxygen atoms in total. The van der Waals surface area contributed by atoms with Gasteiger partial charge in [-0.3, -0.25) is 9.69 Å². The topological polar surface area (TPSA) is 64.3 Å². The Morgan fingerprint density at radius 3 is 3.05 bits per heavy atom. The van der Waals surface area contributed by atoms with Crippen LogP contribution in [0.3, 0.4) is 0 Å². The third-order valence-electron chi connectivity index (χ3n) is 3.69. The Kier molecular flexibility index (Phi) is 4.70. The molecule has 0 amide bonds. The molecule has 0 aromatic heterocycles. The molecule has 1 saturated heterocycles. The minimum absolute atomic E-state index is 0.0733. The molecule has 2 rings (SSSR count). The molecule has 1 aliphatic rings. The highest BCUT2D eigenvalue weighted by atomic mass is 19.1. The molecular formula is C15H17FN2O2. The van der Waals surface area contributed by atoms with Crippen LogP contribution in [0.4, 0.5) is 4.39 Å². The fourth-order valence-corrected chi connectivity index (χ4v) is 2.63. The standard InChI is InChI=1S/C15H17FN2O2/c16-14-3-1-12(7-13(14)8-17)10-18-6-5-11(9-18)2-4-15(19)20/h1,3,7,11H,2,4-6,9-10H2,(H,19,20). The Bertz CT molecular complexity index is 539. The quantitative estimate of drug-likeness (QED) is 0.896. The molecule has 1 aromatic rings. The summed E-state index contributed by atoms with van der Waals surface area (Å²) in [6.45, 7) is 2.47. The number of hydrogen-bond acceptors (Lipinski definition) is 3. The maximum absolute atomic E-state index is 13.2. The van der Waals surface area contributed by atoms with Crippen LogP contribution in [0.15, 0.2) is 18.2 Å². The second-order valence-electron chi connectivity index (χ2n) is 5.25. The van der Waals surface area contributed by atoms with Gasteiger partial charge in [0.15, 0.2) is 0 Å². The zero-order chi connectivity index (χ0) is 14.5. The number of carboxylic acids is 1. The Balaban J connectivity index is 1.89. The SMILES string of the molecule is N#Cc1cc(CN2CCC(CCC(=O)O)C2)ccc1F. The van der Waals surface area contributed by atoms with E-state index in [0.29, 0.717) is 18.9 Å². The van der Waals surface area contributed by atoms with Crippen molar-refractivity contribution in [1.29, 1.82) is 5.26 Å². The molecule has 1 aromatic carbocycles. The molecular weight excluding hydrogens is 259 g/mol. The summed E-state index contributed by atoms with van der Waals surface area (Å²) in [5.74, 6) is -0.820. The maximum Gasteiger partial charge on any atom is 0.303 e. The average molecular weight is 276 g/mol. The van der Waals surface area contributed by atoms with Gasteiger partial charge < -0.3 is 5.11 Å². The Labute approximate surface area is 117 Å². The van der Waals surface area contributed by atoms with E-state index in [1.807, 2.05) is 6.07 Å². The van der Waals surface area contributed by atoms with E-state index in [1.165, 1.54) is 6.07 Å². The molecule has 0 aliphatic carbocycles. The number of carbonyl (C=O) groups is 1. The predicted molar refractivity (Wildman–Crippen MR) is 71.4 cm³/mol. The number of benzene rings is 1. The first-order chi connectivity index (χ1) is 9.58. The minimum atomic E-state index is -0.749. The van der Waals surface area contributed by atoms with Crippen molar-refractivity contribution in [2.45, 2.75) is 25.8 Å². The van der Waals surface area contributed by atoms with Crippen LogP contribution in [-0.4, -0.2) is 29.1 Å². The monoisotopic (exact) mass is 276 g/mol. The largest absolute Gasteiger partial charge is 0.481 e. The van der Waals surface area contributed by atoms with Crippen LogP contribution in [0.2, 0.25) is 0 Å². The second-order valence-corrected chi connectivity index (χ2v) is 5.25. The summed E-state index contributed by atoms with van der Waals surface area (Å²) >= 11 is 0. The van der Waals surface area contributed by atoms with Crippen LogP contribution in [0.1, 0.15) is 30.4 Å². The van der Waals surface area contributed by atoms with Crippen molar-refractivity contribution >= 4 is 5.97 Å². The van der Waals surface area contributed by atoms with E-state index < -0.39 is 11.8 Å². The lowest BCUT2D eigenvalue weighted by Crippen LogP contribution is -2.20. The molecule has 0 bridgehead atoms. The summed E-state index contributed by atoms with van der Waals surface area (Å²) in [6.07, 6.45) is 1.92. The van der Waals surface area contributed by atoms with E-state index in [-0.39, 0.29) is 12.0 Å². The summed E-state index contributed by atoms with van der Waals surface area (Å²) in [5, 5.41) is 17.5. The first-order valence-electron chi connectivity index (χ1n) is 6.71. The van der Waals surface area contributed by atoms with Gasteiger partial charge in [0, 0.05) is 19.5 Å². The number of halogens is 1. The molecule has 0 saturated carbocycles. The number of hydrogen-bond donors (Lipinski definition) is 1. The van der Waals surface area contributed by atoms with Crippen molar-refractivity contribution in [2.75, 3.05) is 13.1 Å². The third kappa shape index (κ3) is 3.78. The van der Waals surface area contributed by atoms with Crippen molar-refractivity contribution < 1.29 is 14.3 Å². The molecule has 106 valence electrons. The molecule has 5 heteroatoms. The zero-order valence-corrected chi connectivity index (χ0v) is 11.2. The third-order valence-corrected chi connectivity index (χ3v) is 3.69. The Hall–Kier alpha value is -1.93. The summed E-state index contributed by atoms with van der Waals surface area (Å²) in [7, 11) is 0. The summed E-state index contributed by atoms with van der Waals surface area (Å²) in [5.41, 5.74) is 0.992. The molecule has 1 fully saturated rings. The van der Waals surface area contributed by atoms with Gasteiger partial charge in [0.1, 0.15) is 11.9 Å². The van der Waals surface area contributed by atoms with Crippen LogP contribution >= 0.6 is 0 Å². The summed E-state index contributed by atoms with van der Waals surface area (Å²) in [4.78, 5) is 12.8. The highest BCUT2D eigenvalue weighted by Gasteiger charge is 2.23. The molecule has 1 heterocycles. The molecule has 1 N–H and O–H groups in total. The lowest BCUT2D eigenvalue weighted by molar-refractivity contribution is -0.137. The number of rotatable bonds is 5. The first-order valence-corrected chi connectivity index (χ1v) is 6.71. The van der Waals surface area contributed by atoms with E-state index in [1.54, 1.807) is 12.1 Å². The summed E-state index contributed by atoms with van der Waals surface area (Å²) in [6, 6.07) is 6.45. The highest BCUT2D eigenvalue weighted by Crippen LogP contribution is 2.23. The van der Waals surface area contributed by atoms with Gasteiger partial charge in [0.2, 0.25) is 0 Å². The Morgan fingerprint density at radius 2 is 2.35 bits per heavy atom. The minimum Gasteiger partial charge on any atom is -0.481 e. The smallest absolute Gasteiger partial charge is 0.303 e. The van der Waals surface area contributed by atoms with Gasteiger partial charge in [-0.05, 0) is 43.0 Å². The van der Waals surface area contributed by atoms with Crippen LogP contribution in [-0.2, 0) is 11.3 Å². The van der Waals surface area contributed by atoms with E-state index >= 15 is 0 Å². The number of carboxylic acid groups (broad SMARTS) is 1. The first kappa shape index (κ1) is 14.5. The van der Waals surface area contributed by atoms with Gasteiger partial charge >= 0.3 is 5.97 Å². The van der Waals surface area contributed by atoms with Gasteiger partial charge in [0.25, 0.3) is 0 Å². The van der Waals surface area contributed by atoms with E-state index in [9.17, 15) is 9.18 Å². The average Bonchev–Trinajstić information content (AvgIpc) is 2.86. The van der Waals surface area contributed by atoms with Gasteiger partial charge in [-0.15, -0.1) is 0 Å². The molecule has 0 radical (unpaired) electrons. The maximum atomic E-state index is 13.2. The highest BCUT2D eigenvalue weighted by molar-refractivity contribution is 5.66. The van der Waals surface area contributed by atoms with Gasteiger partial charge in [-0.2, -0.15) is 5.26 Å². The number of nitriles is 1. The van der Waals surface area contributed by atoms with Crippen LogP contribution in [0, 0.1) is 23.1 Å². The van der Waals surface area contributed by atoms with E-state index in [2.05, 4.69) is 4.90 Å². The normalized spacial score (nSPS) is 18.9. The van der Waals surface area contributed by atoms with Gasteiger partial charge in [0.05, 0.1) is 5.56 Å². The molecule has 1 unspecified atom stereocenters. The molecule has 1 atom stereocenters. The van der Waals surface area contributed by atoms with E-state index in [0.717, 1.165) is 25.1 Å². The van der Waals surface area contributed by atoms with Crippen molar-refractivity contribution in [3.8, 4) is 6.07 Å². The lowest BCUT2D eigenvalue weighted by atomic mass is 10.0. The predicted octanol–water partition coefficient (Wildman–Crippen LogP) is 2.38. The fourth-order valence-electron chi connectivity index (χ4n) is 2.63. The van der Waals surface area contributed by atoms with Gasteiger partial charge in [-0.1, -0.05) is 6.07 Å². The molecule has 20 heavy (non-hydrogen) atoms. The second kappa shape index (κ2) is 6.49. The van der Waals surface area contributed by atoms with Crippen LogP contribution in [0.5, 0.6) is 0 Å². The van der Waals surface area contributed by atoms with Gasteiger partial charge in [-0.25, -0.2) is 4.39 Å². The van der Waals surface area contributed by atoms with Crippen molar-refractivity contribution in [3.63, 3.8) is 0 Å². The van der Waals surface area contributed by atoms with Crippen LogP contribution in [0.25, 0.3) is 0 Å². The zero-order valence-electron chi connectivity index (χ0n) is 11.2. The molecule has 1 aliphatic heterocycles. The summed E-state index contributed by atoms with van der Waals surface area (Å²) < 4.78 is 13.2. The number of aliphatic carboxylic acids is 1. The van der Waals surface area contributed by atoms with Crippen molar-refractivity contribution in [1.82, 2.24) is 4.90 Å². The lowest BCUT2D eigenvalue weighted by Gasteiger charge is -2.16. The number of likely N-dealkylation sites (tertiary alicyclic amines) is 1. The Morgan fingerprint density at radius 1 is 1.55 bits per heavy atom. The van der Waals surface area contributed by atoms with Crippen LogP contribution < -0.4 is 0 Å². The molecule has 0 spiro atoms. The van der Waals surface area contributed by atoms with Crippen molar-refractivity contribution in [3.05, 3.63) is 35.1 Å². The van der Waals surface area contributed by atoms with E-state index in [4.69, 9.17) is 10.4 Å². The van der Waals surface area contributed by atoms with Crippen molar-refractivity contribution in [2.24, 2.45) is 5.92 Å².